The lowest BCUT2D eigenvalue weighted by atomic mass is 10.1. The second-order valence-electron chi connectivity index (χ2n) is 6.09. The molecule has 25 heavy (non-hydrogen) atoms. The smallest absolute Gasteiger partial charge is 0.216 e. The number of hydrogen-bond donors (Lipinski definition) is 2. The molecule has 0 unspecified atom stereocenters. The molecule has 1 aromatic carbocycles. The Morgan fingerprint density at radius 3 is 2.88 bits per heavy atom. The second kappa shape index (κ2) is 6.60. The molecular formula is C18H18N6S. The van der Waals surface area contributed by atoms with Gasteiger partial charge in [0.2, 0.25) is 10.6 Å². The summed E-state index contributed by atoms with van der Waals surface area (Å²) in [6.45, 7) is 2.01. The lowest BCUT2D eigenvalue weighted by molar-refractivity contribution is 0.844. The predicted octanol–water partition coefficient (Wildman–Crippen LogP) is 3.76. The Labute approximate surface area is 150 Å². The van der Waals surface area contributed by atoms with Gasteiger partial charge in [-0.3, -0.25) is 5.10 Å². The zero-order valence-corrected chi connectivity index (χ0v) is 14.7. The Bertz CT molecular complexity index is 1010. The maximum atomic E-state index is 5.33. The molecule has 6 nitrogen and oxygen atoms in total. The van der Waals surface area contributed by atoms with Gasteiger partial charge < -0.3 is 0 Å². The third-order valence-corrected chi connectivity index (χ3v) is 4.50. The number of benzene rings is 1. The Kier molecular flexibility index (Phi) is 4.15. The van der Waals surface area contributed by atoms with E-state index < -0.39 is 0 Å². The summed E-state index contributed by atoms with van der Waals surface area (Å²) >= 11 is 5.33. The molecule has 2 aromatic heterocycles. The molecule has 0 bridgehead atoms. The van der Waals surface area contributed by atoms with Gasteiger partial charge in [-0.2, -0.15) is 20.0 Å². The van der Waals surface area contributed by atoms with E-state index in [2.05, 4.69) is 43.7 Å². The van der Waals surface area contributed by atoms with Crippen molar-refractivity contribution in [2.24, 2.45) is 5.10 Å². The van der Waals surface area contributed by atoms with E-state index in [-0.39, 0.29) is 0 Å². The minimum Gasteiger partial charge on any atom is -0.282 e. The van der Waals surface area contributed by atoms with Crippen LogP contribution in [0.4, 0.5) is 0 Å². The van der Waals surface area contributed by atoms with Crippen molar-refractivity contribution < 1.29 is 0 Å². The SMILES string of the molecule is CC(C=Nn1c(-c2n[nH]c3c2CCC3)n[nH]c1=S)=Cc1ccccc1. The van der Waals surface area contributed by atoms with E-state index in [1.807, 2.05) is 25.1 Å². The molecule has 0 saturated heterocycles. The number of aromatic amines is 2. The number of nitrogens with one attached hydrogen (secondary N) is 2. The van der Waals surface area contributed by atoms with E-state index in [4.69, 9.17) is 12.2 Å². The first-order valence-electron chi connectivity index (χ1n) is 8.24. The Balaban J connectivity index is 1.66. The highest BCUT2D eigenvalue weighted by molar-refractivity contribution is 7.71. The number of nitrogens with zero attached hydrogens (tertiary/aromatic N) is 4. The standard InChI is InChI=1S/C18H18N6S/c1-12(10-13-6-3-2-4-7-13)11-19-24-17(22-23-18(24)25)16-14-8-5-9-15(14)20-21-16/h2-4,6-7,10-11H,5,8-9H2,1H3,(H,20,21)(H,23,25). The molecule has 1 aliphatic rings. The molecule has 0 saturated carbocycles. The third kappa shape index (κ3) is 3.10. The quantitative estimate of drug-likeness (QED) is 0.556. The van der Waals surface area contributed by atoms with E-state index in [1.54, 1.807) is 10.9 Å². The van der Waals surface area contributed by atoms with Crippen LogP contribution < -0.4 is 0 Å². The molecule has 1 aliphatic carbocycles. The van der Waals surface area contributed by atoms with Crippen molar-refractivity contribution >= 4 is 24.5 Å². The van der Waals surface area contributed by atoms with E-state index in [0.717, 1.165) is 36.1 Å². The fourth-order valence-electron chi connectivity index (χ4n) is 3.05. The molecule has 0 radical (unpaired) electrons. The van der Waals surface area contributed by atoms with Gasteiger partial charge in [0.1, 0.15) is 5.69 Å². The summed E-state index contributed by atoms with van der Waals surface area (Å²) in [6, 6.07) is 10.1. The number of aryl methyl sites for hydroxylation is 1. The molecule has 7 heteroatoms. The lowest BCUT2D eigenvalue weighted by Crippen LogP contribution is -1.97. The predicted molar refractivity (Wildman–Crippen MR) is 101 cm³/mol. The molecule has 4 rings (SSSR count). The average molecular weight is 350 g/mol. The second-order valence-corrected chi connectivity index (χ2v) is 6.48. The number of rotatable bonds is 4. The third-order valence-electron chi connectivity index (χ3n) is 4.24. The van der Waals surface area contributed by atoms with Gasteiger partial charge in [-0.15, -0.1) is 0 Å². The van der Waals surface area contributed by atoms with Crippen LogP contribution in [0, 0.1) is 4.77 Å². The van der Waals surface area contributed by atoms with Crippen molar-refractivity contribution in [1.82, 2.24) is 25.1 Å². The van der Waals surface area contributed by atoms with Crippen LogP contribution in [0.1, 0.15) is 30.2 Å². The molecule has 0 aliphatic heterocycles. The fourth-order valence-corrected chi connectivity index (χ4v) is 3.23. The Hall–Kier alpha value is -2.80. The van der Waals surface area contributed by atoms with Crippen molar-refractivity contribution in [2.75, 3.05) is 0 Å². The summed E-state index contributed by atoms with van der Waals surface area (Å²) in [4.78, 5) is 0. The van der Waals surface area contributed by atoms with Crippen molar-refractivity contribution in [3.05, 3.63) is 57.5 Å². The van der Waals surface area contributed by atoms with Crippen LogP contribution in [0.25, 0.3) is 17.6 Å². The monoisotopic (exact) mass is 350 g/mol. The normalized spacial score (nSPS) is 14.4. The summed E-state index contributed by atoms with van der Waals surface area (Å²) in [7, 11) is 0. The Morgan fingerprint density at radius 2 is 2.04 bits per heavy atom. The number of H-pyrrole nitrogens is 2. The molecular weight excluding hydrogens is 332 g/mol. The molecule has 2 heterocycles. The van der Waals surface area contributed by atoms with Gasteiger partial charge in [0, 0.05) is 11.3 Å². The molecule has 0 atom stereocenters. The van der Waals surface area contributed by atoms with Crippen LogP contribution in [0.15, 0.2) is 41.0 Å². The van der Waals surface area contributed by atoms with Crippen molar-refractivity contribution in [1.29, 1.82) is 0 Å². The zero-order valence-electron chi connectivity index (χ0n) is 13.9. The first-order chi connectivity index (χ1) is 12.2. The molecule has 0 amide bonds. The molecule has 2 N–H and O–H groups in total. The molecule has 3 aromatic rings. The van der Waals surface area contributed by atoms with Gasteiger partial charge in [0.25, 0.3) is 0 Å². The highest BCUT2D eigenvalue weighted by Crippen LogP contribution is 2.29. The average Bonchev–Trinajstić information content (AvgIpc) is 3.30. The van der Waals surface area contributed by atoms with Gasteiger partial charge in [-0.1, -0.05) is 36.4 Å². The zero-order chi connectivity index (χ0) is 17.2. The first kappa shape index (κ1) is 15.7. The van der Waals surface area contributed by atoms with E-state index in [0.29, 0.717) is 10.6 Å². The van der Waals surface area contributed by atoms with Crippen LogP contribution in [-0.4, -0.2) is 31.3 Å². The minimum atomic E-state index is 0.452. The minimum absolute atomic E-state index is 0.452. The Morgan fingerprint density at radius 1 is 1.20 bits per heavy atom. The highest BCUT2D eigenvalue weighted by atomic mass is 32.1. The van der Waals surface area contributed by atoms with E-state index >= 15 is 0 Å². The summed E-state index contributed by atoms with van der Waals surface area (Å²) in [6.07, 6.45) is 7.05. The van der Waals surface area contributed by atoms with Crippen LogP contribution in [0.2, 0.25) is 0 Å². The van der Waals surface area contributed by atoms with E-state index in [1.165, 1.54) is 11.3 Å². The topological polar surface area (TPSA) is 74.7 Å². The fraction of sp³-hybridized carbons (Fsp3) is 0.222. The van der Waals surface area contributed by atoms with Gasteiger partial charge >= 0.3 is 0 Å². The maximum absolute atomic E-state index is 5.33. The largest absolute Gasteiger partial charge is 0.282 e. The van der Waals surface area contributed by atoms with Crippen LogP contribution in [0.3, 0.4) is 0 Å². The van der Waals surface area contributed by atoms with Gasteiger partial charge in [-0.25, -0.2) is 5.10 Å². The molecule has 0 spiro atoms. The summed E-state index contributed by atoms with van der Waals surface area (Å²) in [5, 5.41) is 19.2. The van der Waals surface area contributed by atoms with Crippen LogP contribution in [0.5, 0.6) is 0 Å². The maximum Gasteiger partial charge on any atom is 0.216 e. The lowest BCUT2D eigenvalue weighted by Gasteiger charge is -2.00. The summed E-state index contributed by atoms with van der Waals surface area (Å²) in [5.74, 6) is 0.646. The van der Waals surface area contributed by atoms with Crippen molar-refractivity contribution in [3.8, 4) is 11.5 Å². The van der Waals surface area contributed by atoms with Crippen molar-refractivity contribution in [3.63, 3.8) is 0 Å². The van der Waals surface area contributed by atoms with E-state index in [9.17, 15) is 0 Å². The number of fused-ring (bicyclic) bond motifs is 1. The van der Waals surface area contributed by atoms with Crippen LogP contribution in [-0.2, 0) is 12.8 Å². The highest BCUT2D eigenvalue weighted by Gasteiger charge is 2.23. The van der Waals surface area contributed by atoms with Gasteiger partial charge in [0.05, 0.1) is 6.21 Å². The van der Waals surface area contributed by atoms with Crippen molar-refractivity contribution in [2.45, 2.75) is 26.2 Å². The summed E-state index contributed by atoms with van der Waals surface area (Å²) < 4.78 is 2.08. The number of hydrogen-bond acceptors (Lipinski definition) is 4. The molecule has 0 fully saturated rings. The van der Waals surface area contributed by atoms with Gasteiger partial charge in [0.15, 0.2) is 0 Å². The van der Waals surface area contributed by atoms with Crippen LogP contribution >= 0.6 is 12.2 Å². The van der Waals surface area contributed by atoms with Gasteiger partial charge in [-0.05, 0) is 49.5 Å². The summed E-state index contributed by atoms with van der Waals surface area (Å²) in [5.41, 5.74) is 5.41. The number of aromatic nitrogens is 5. The molecule has 126 valence electrons. The first-order valence-corrected chi connectivity index (χ1v) is 8.65. The number of allylic oxidation sites excluding steroid dienone is 1.